The van der Waals surface area contributed by atoms with Crippen molar-refractivity contribution in [2.24, 2.45) is 0 Å². The van der Waals surface area contributed by atoms with Crippen molar-refractivity contribution in [2.75, 3.05) is 49.1 Å². The van der Waals surface area contributed by atoms with Crippen LogP contribution in [0.5, 0.6) is 6.01 Å². The molecule has 6 rings (SSSR count). The van der Waals surface area contributed by atoms with Gasteiger partial charge in [0, 0.05) is 48.7 Å². The molecule has 2 atom stereocenters. The zero-order valence-corrected chi connectivity index (χ0v) is 24.5. The van der Waals surface area contributed by atoms with Crippen LogP contribution in [0.25, 0.3) is 15.6 Å². The summed E-state index contributed by atoms with van der Waals surface area (Å²) in [6, 6.07) is 5.90. The summed E-state index contributed by atoms with van der Waals surface area (Å²) >= 11 is 6.66. The van der Waals surface area contributed by atoms with Crippen LogP contribution >= 0.6 is 11.6 Å². The largest absolute Gasteiger partial charge is 0.458 e. The highest BCUT2D eigenvalue weighted by atomic mass is 35.5. The van der Waals surface area contributed by atoms with Gasteiger partial charge in [-0.05, 0) is 38.3 Å². The summed E-state index contributed by atoms with van der Waals surface area (Å²) in [5.41, 5.74) is 2.91. The second kappa shape index (κ2) is 12.1. The number of pyridine rings is 1. The molecule has 10 nitrogen and oxygen atoms in total. The number of amides is 1. The monoisotopic (exact) mass is 587 g/mol. The van der Waals surface area contributed by atoms with E-state index in [2.05, 4.69) is 26.2 Å². The maximum Gasteiger partial charge on any atom is 0.319 e. The highest BCUT2D eigenvalue weighted by molar-refractivity contribution is 6.36. The van der Waals surface area contributed by atoms with E-state index < -0.39 is 0 Å². The summed E-state index contributed by atoms with van der Waals surface area (Å²) in [6.07, 6.45) is 8.04. The number of halogens is 1. The molecule has 2 fully saturated rings. The number of piperazine rings is 1. The molecule has 3 aliphatic rings. The van der Waals surface area contributed by atoms with Gasteiger partial charge in [-0.1, -0.05) is 30.3 Å². The van der Waals surface area contributed by atoms with Crippen LogP contribution in [0, 0.1) is 6.57 Å². The molecule has 0 spiro atoms. The van der Waals surface area contributed by atoms with Crippen molar-refractivity contribution in [2.45, 2.75) is 51.0 Å². The number of ether oxygens (including phenoxy) is 2. The fourth-order valence-electron chi connectivity index (χ4n) is 5.76. The van der Waals surface area contributed by atoms with Crippen molar-refractivity contribution in [3.63, 3.8) is 0 Å². The van der Waals surface area contributed by atoms with Crippen molar-refractivity contribution in [1.82, 2.24) is 19.9 Å². The van der Waals surface area contributed by atoms with Gasteiger partial charge < -0.3 is 29.0 Å². The Bertz CT molecular complexity index is 1530. The number of nitrogens with zero attached hydrogens (tertiary/aromatic N) is 7. The minimum absolute atomic E-state index is 0.153. The lowest BCUT2D eigenvalue weighted by Crippen LogP contribution is -2.56. The van der Waals surface area contributed by atoms with Gasteiger partial charge in [0.2, 0.25) is 12.5 Å². The molecule has 4 heterocycles. The summed E-state index contributed by atoms with van der Waals surface area (Å²) in [7, 11) is 0. The molecule has 1 aliphatic carbocycles. The molecule has 11 heteroatoms. The van der Waals surface area contributed by atoms with Gasteiger partial charge in [-0.3, -0.25) is 9.78 Å². The minimum atomic E-state index is -0.258. The summed E-state index contributed by atoms with van der Waals surface area (Å²) < 4.78 is 12.1. The molecule has 42 heavy (non-hydrogen) atoms. The Labute approximate surface area is 250 Å². The average Bonchev–Trinajstić information content (AvgIpc) is 3.84. The van der Waals surface area contributed by atoms with Gasteiger partial charge in [-0.25, -0.2) is 6.57 Å². The van der Waals surface area contributed by atoms with Crippen molar-refractivity contribution in [3.05, 3.63) is 70.9 Å². The van der Waals surface area contributed by atoms with Crippen LogP contribution in [0.2, 0.25) is 5.02 Å². The molecular weight excluding hydrogens is 554 g/mol. The fraction of sp³-hybridized carbons (Fsp3) is 0.452. The molecule has 218 valence electrons. The van der Waals surface area contributed by atoms with Crippen LogP contribution in [0.3, 0.4) is 0 Å². The van der Waals surface area contributed by atoms with Crippen molar-refractivity contribution < 1.29 is 14.3 Å². The van der Waals surface area contributed by atoms with Gasteiger partial charge in [-0.15, -0.1) is 0 Å². The van der Waals surface area contributed by atoms with E-state index in [9.17, 15) is 4.79 Å². The topological polar surface area (TPSA) is 88.3 Å². The second-order valence-electron chi connectivity index (χ2n) is 11.1. The highest BCUT2D eigenvalue weighted by Crippen LogP contribution is 2.37. The number of carbonyl (C=O) groups is 1. The molecule has 0 N–H and O–H groups in total. The third-order valence-electron chi connectivity index (χ3n) is 8.02. The van der Waals surface area contributed by atoms with E-state index in [1.54, 1.807) is 4.90 Å². The van der Waals surface area contributed by atoms with Crippen molar-refractivity contribution in [1.29, 1.82) is 0 Å². The molecule has 3 aromatic rings. The third kappa shape index (κ3) is 5.85. The maximum atomic E-state index is 12.5. The zero-order chi connectivity index (χ0) is 29.2. The minimum Gasteiger partial charge on any atom is -0.458 e. The van der Waals surface area contributed by atoms with Gasteiger partial charge in [0.25, 0.3) is 0 Å². The van der Waals surface area contributed by atoms with E-state index in [4.69, 9.17) is 37.6 Å². The summed E-state index contributed by atoms with van der Waals surface area (Å²) in [4.78, 5) is 36.6. The molecule has 2 aromatic heterocycles. The number of anilines is 2. The predicted octanol–water partition coefficient (Wildman–Crippen LogP) is 4.31. The smallest absolute Gasteiger partial charge is 0.319 e. The molecule has 1 amide bonds. The molecule has 1 aromatic carbocycles. The highest BCUT2D eigenvalue weighted by Gasteiger charge is 2.35. The SMILES string of the molecule is [C-]#[N+]C[C@H]1CN(c2nc(O[C@@H](C)COC3CC3)nc3c2CCN(c2cncc4cccc(Cl)c24)C3)CCN1C(=O)C=C. The number of rotatable bonds is 9. The summed E-state index contributed by atoms with van der Waals surface area (Å²) in [6.45, 7) is 16.6. The number of hydrogen-bond donors (Lipinski definition) is 0. The first-order valence-corrected chi connectivity index (χ1v) is 14.8. The molecular formula is C31H34ClN7O3. The van der Waals surface area contributed by atoms with E-state index >= 15 is 0 Å². The number of benzene rings is 1. The normalized spacial score (nSPS) is 19.3. The Morgan fingerprint density at radius 1 is 1.24 bits per heavy atom. The molecule has 1 saturated heterocycles. The third-order valence-corrected chi connectivity index (χ3v) is 8.33. The Balaban J connectivity index is 1.33. The van der Waals surface area contributed by atoms with Crippen molar-refractivity contribution in [3.8, 4) is 6.01 Å². The Kier molecular flexibility index (Phi) is 8.13. The predicted molar refractivity (Wildman–Crippen MR) is 162 cm³/mol. The lowest BCUT2D eigenvalue weighted by Gasteiger charge is -2.41. The molecule has 0 radical (unpaired) electrons. The zero-order valence-electron chi connectivity index (χ0n) is 23.7. The number of aromatic nitrogens is 3. The van der Waals surface area contributed by atoms with E-state index in [-0.39, 0.29) is 24.6 Å². The summed E-state index contributed by atoms with van der Waals surface area (Å²) in [5, 5.41) is 2.64. The van der Waals surface area contributed by atoms with E-state index in [1.807, 2.05) is 37.5 Å². The Hall–Kier alpha value is -3.94. The van der Waals surface area contributed by atoms with Crippen molar-refractivity contribution >= 4 is 39.8 Å². The quantitative estimate of drug-likeness (QED) is 0.270. The lowest BCUT2D eigenvalue weighted by atomic mass is 10.0. The van der Waals surface area contributed by atoms with E-state index in [1.165, 1.54) is 6.08 Å². The molecule has 2 aliphatic heterocycles. The summed E-state index contributed by atoms with van der Waals surface area (Å²) in [5.74, 6) is 0.652. The first-order chi connectivity index (χ1) is 20.4. The van der Waals surface area contributed by atoms with E-state index in [0.29, 0.717) is 56.3 Å². The van der Waals surface area contributed by atoms with Gasteiger partial charge in [-0.2, -0.15) is 9.97 Å². The lowest BCUT2D eigenvalue weighted by molar-refractivity contribution is -0.128. The first kappa shape index (κ1) is 28.2. The molecule has 1 saturated carbocycles. The number of carbonyl (C=O) groups excluding carboxylic acids is 1. The van der Waals surface area contributed by atoms with Gasteiger partial charge in [0.15, 0.2) is 0 Å². The van der Waals surface area contributed by atoms with Crippen LogP contribution < -0.4 is 14.5 Å². The van der Waals surface area contributed by atoms with Gasteiger partial charge in [0.05, 0.1) is 41.9 Å². The van der Waals surface area contributed by atoms with Gasteiger partial charge >= 0.3 is 6.01 Å². The van der Waals surface area contributed by atoms with E-state index in [0.717, 1.165) is 52.9 Å². The number of hydrogen-bond acceptors (Lipinski definition) is 8. The van der Waals surface area contributed by atoms with Gasteiger partial charge in [0.1, 0.15) is 18.0 Å². The second-order valence-corrected chi connectivity index (χ2v) is 11.5. The van der Waals surface area contributed by atoms with Crippen LogP contribution in [0.15, 0.2) is 43.2 Å². The molecule has 0 unspecified atom stereocenters. The molecule has 0 bridgehead atoms. The van der Waals surface area contributed by atoms with Crippen LogP contribution in [0.1, 0.15) is 31.0 Å². The van der Waals surface area contributed by atoms with Crippen LogP contribution in [0.4, 0.5) is 11.5 Å². The standard InChI is InChI=1S/C31H34ClN7O3/c1-4-28(40)39-13-12-38(17-22(39)15-33-3)30-24-10-11-37(27-16-34-14-21-6-5-7-25(32)29(21)27)18-26(24)35-31(36-30)42-20(2)19-41-23-8-9-23/h4-7,14,16,20,22-23H,1,8-13,15,17-19H2,2H3/t20-,22-/m0/s1. The number of fused-ring (bicyclic) bond motifs is 2. The van der Waals surface area contributed by atoms with Crippen LogP contribution in [-0.2, 0) is 22.5 Å². The fourth-order valence-corrected chi connectivity index (χ4v) is 6.04. The van der Waals surface area contributed by atoms with Crippen LogP contribution in [-0.4, -0.2) is 83.3 Å². The Morgan fingerprint density at radius 3 is 2.88 bits per heavy atom. The average molecular weight is 588 g/mol. The Morgan fingerprint density at radius 2 is 2.10 bits per heavy atom. The maximum absolute atomic E-state index is 12.5. The first-order valence-electron chi connectivity index (χ1n) is 14.4.